The number of halogens is 2. The minimum Gasteiger partial charge on any atom is -0.491 e. The van der Waals surface area contributed by atoms with Crippen LogP contribution in [-0.4, -0.2) is 31.5 Å². The van der Waals surface area contributed by atoms with Crippen molar-refractivity contribution in [3.05, 3.63) is 15.6 Å². The van der Waals surface area contributed by atoms with Crippen molar-refractivity contribution in [2.45, 2.75) is 32.2 Å². The lowest BCUT2D eigenvalue weighted by atomic mass is 10.1. The van der Waals surface area contributed by atoms with E-state index in [1.54, 1.807) is 14.2 Å². The maximum Gasteiger partial charge on any atom is 0.183 e. The Labute approximate surface area is 134 Å². The van der Waals surface area contributed by atoms with E-state index in [2.05, 4.69) is 4.90 Å². The van der Waals surface area contributed by atoms with Crippen molar-refractivity contribution in [3.8, 4) is 11.5 Å². The molecule has 0 unspecified atom stereocenters. The van der Waals surface area contributed by atoms with E-state index in [1.165, 1.54) is 19.3 Å². The van der Waals surface area contributed by atoms with Crippen LogP contribution in [0.25, 0.3) is 0 Å². The van der Waals surface area contributed by atoms with E-state index in [-0.39, 0.29) is 0 Å². The molecule has 0 saturated carbocycles. The van der Waals surface area contributed by atoms with E-state index in [9.17, 15) is 0 Å². The monoisotopic (exact) mass is 328 g/mol. The van der Waals surface area contributed by atoms with Gasteiger partial charge in [0.05, 0.1) is 24.9 Å². The first-order valence-electron chi connectivity index (χ1n) is 7.11. The molecule has 2 aliphatic rings. The fraction of sp³-hybridized carbons (Fsp3) is 0.533. The Bertz CT molecular complexity index is 602. The summed E-state index contributed by atoms with van der Waals surface area (Å²) in [6.07, 6.45) is 4.58. The zero-order valence-electron chi connectivity index (χ0n) is 12.2. The predicted octanol–water partition coefficient (Wildman–Crippen LogP) is 4.43. The Hall–Kier alpha value is -1.13. The maximum absolute atomic E-state index is 6.50. The van der Waals surface area contributed by atoms with Crippen molar-refractivity contribution in [2.75, 3.05) is 20.8 Å². The van der Waals surface area contributed by atoms with Crippen LogP contribution >= 0.6 is 23.2 Å². The highest BCUT2D eigenvalue weighted by atomic mass is 35.5. The van der Waals surface area contributed by atoms with Gasteiger partial charge in [0.15, 0.2) is 11.5 Å². The first kappa shape index (κ1) is 14.8. The Morgan fingerprint density at radius 3 is 2.43 bits per heavy atom. The molecule has 0 radical (unpaired) electrons. The molecule has 0 spiro atoms. The van der Waals surface area contributed by atoms with Crippen molar-refractivity contribution in [2.24, 2.45) is 4.99 Å². The van der Waals surface area contributed by atoms with Crippen LogP contribution in [-0.2, 0) is 6.54 Å². The molecule has 0 N–H and O–H groups in total. The summed E-state index contributed by atoms with van der Waals surface area (Å²) in [4.78, 5) is 7.06. The largest absolute Gasteiger partial charge is 0.491 e. The molecule has 2 heterocycles. The minimum atomic E-state index is 0.453. The molecule has 4 nitrogen and oxygen atoms in total. The lowest BCUT2D eigenvalue weighted by Crippen LogP contribution is -2.32. The maximum atomic E-state index is 6.50. The van der Waals surface area contributed by atoms with Crippen LogP contribution in [0, 0.1) is 0 Å². The molecule has 1 fully saturated rings. The van der Waals surface area contributed by atoms with Crippen molar-refractivity contribution in [1.29, 1.82) is 0 Å². The van der Waals surface area contributed by atoms with Gasteiger partial charge in [0.2, 0.25) is 0 Å². The molecule has 1 aromatic rings. The molecule has 0 aromatic heterocycles. The Morgan fingerprint density at radius 1 is 1.00 bits per heavy atom. The van der Waals surface area contributed by atoms with Crippen LogP contribution in [0.3, 0.4) is 0 Å². The third kappa shape index (κ3) is 2.44. The predicted molar refractivity (Wildman–Crippen MR) is 85.5 cm³/mol. The molecular weight excluding hydrogens is 311 g/mol. The van der Waals surface area contributed by atoms with Gasteiger partial charge in [-0.2, -0.15) is 0 Å². The zero-order chi connectivity index (χ0) is 15.0. The van der Waals surface area contributed by atoms with Gasteiger partial charge in [0.1, 0.15) is 10.9 Å². The first-order valence-corrected chi connectivity index (χ1v) is 7.87. The van der Waals surface area contributed by atoms with Crippen LogP contribution in [0.4, 0.5) is 5.69 Å². The SMILES string of the molecule is COc1c(Cl)c2c(c(Cl)c1OC)N=C1CCCCCN1C2. The molecule has 2 aliphatic heterocycles. The molecule has 1 saturated heterocycles. The van der Waals surface area contributed by atoms with E-state index in [0.717, 1.165) is 36.6 Å². The smallest absolute Gasteiger partial charge is 0.183 e. The molecule has 1 aromatic carbocycles. The average Bonchev–Trinajstić information content (AvgIpc) is 2.73. The number of hydrogen-bond donors (Lipinski definition) is 0. The number of benzene rings is 1. The Morgan fingerprint density at radius 2 is 1.71 bits per heavy atom. The van der Waals surface area contributed by atoms with E-state index >= 15 is 0 Å². The summed E-state index contributed by atoms with van der Waals surface area (Å²) in [7, 11) is 3.12. The van der Waals surface area contributed by atoms with Crippen LogP contribution in [0.5, 0.6) is 11.5 Å². The highest BCUT2D eigenvalue weighted by Gasteiger charge is 2.29. The molecule has 0 bridgehead atoms. The first-order chi connectivity index (χ1) is 10.2. The normalized spacial score (nSPS) is 17.5. The number of nitrogens with zero attached hydrogens (tertiary/aromatic N) is 2. The lowest BCUT2D eigenvalue weighted by molar-refractivity contribution is 0.352. The van der Waals surface area contributed by atoms with Gasteiger partial charge >= 0.3 is 0 Å². The lowest BCUT2D eigenvalue weighted by Gasteiger charge is -2.31. The van der Waals surface area contributed by atoms with Crippen molar-refractivity contribution in [1.82, 2.24) is 4.90 Å². The van der Waals surface area contributed by atoms with Gasteiger partial charge in [-0.3, -0.25) is 0 Å². The highest BCUT2D eigenvalue weighted by Crippen LogP contribution is 2.51. The summed E-state index contributed by atoms with van der Waals surface area (Å²) in [6.45, 7) is 1.74. The Balaban J connectivity index is 2.17. The number of amidine groups is 1. The number of methoxy groups -OCH3 is 2. The van der Waals surface area contributed by atoms with Crippen molar-refractivity contribution >= 4 is 34.7 Å². The topological polar surface area (TPSA) is 34.1 Å². The van der Waals surface area contributed by atoms with Crippen LogP contribution in [0.2, 0.25) is 10.0 Å². The van der Waals surface area contributed by atoms with Crippen molar-refractivity contribution in [3.63, 3.8) is 0 Å². The quantitative estimate of drug-likeness (QED) is 0.805. The van der Waals surface area contributed by atoms with E-state index < -0.39 is 0 Å². The number of hydrogen-bond acceptors (Lipinski definition) is 4. The second-order valence-electron chi connectivity index (χ2n) is 5.28. The minimum absolute atomic E-state index is 0.453. The summed E-state index contributed by atoms with van der Waals surface area (Å²) in [5.74, 6) is 2.04. The van der Waals surface area contributed by atoms with Gasteiger partial charge in [-0.1, -0.05) is 29.6 Å². The second kappa shape index (κ2) is 5.93. The van der Waals surface area contributed by atoms with Gasteiger partial charge in [-0.25, -0.2) is 4.99 Å². The molecule has 114 valence electrons. The fourth-order valence-corrected chi connectivity index (χ4v) is 3.60. The van der Waals surface area contributed by atoms with Gasteiger partial charge in [-0.05, 0) is 12.8 Å². The third-order valence-electron chi connectivity index (χ3n) is 4.06. The molecule has 21 heavy (non-hydrogen) atoms. The number of fused-ring (bicyclic) bond motifs is 2. The molecule has 6 heteroatoms. The number of rotatable bonds is 2. The van der Waals surface area contributed by atoms with Crippen LogP contribution in [0.15, 0.2) is 4.99 Å². The fourth-order valence-electron chi connectivity index (χ4n) is 2.97. The van der Waals surface area contributed by atoms with Gasteiger partial charge in [0, 0.05) is 25.1 Å². The second-order valence-corrected chi connectivity index (χ2v) is 6.04. The van der Waals surface area contributed by atoms with Crippen LogP contribution in [0.1, 0.15) is 31.2 Å². The third-order valence-corrected chi connectivity index (χ3v) is 4.81. The summed E-state index contributed by atoms with van der Waals surface area (Å²) in [5, 5.41) is 1.02. The molecular formula is C15H18Cl2N2O2. The molecule has 3 rings (SSSR count). The summed E-state index contributed by atoms with van der Waals surface area (Å²) in [5.41, 5.74) is 1.65. The summed E-state index contributed by atoms with van der Waals surface area (Å²) in [6, 6.07) is 0. The standard InChI is InChI=1S/C15H18Cl2N2O2/c1-20-14-11(16)9-8-19-7-5-3-4-6-10(19)18-13(9)12(17)15(14)21-2/h3-8H2,1-2H3. The van der Waals surface area contributed by atoms with E-state index in [1.807, 2.05) is 0 Å². The van der Waals surface area contributed by atoms with Gasteiger partial charge < -0.3 is 14.4 Å². The Kier molecular flexibility index (Phi) is 4.18. The number of aliphatic imine (C=N–C) groups is 1. The molecule has 0 atom stereocenters. The van der Waals surface area contributed by atoms with E-state index in [4.69, 9.17) is 37.7 Å². The van der Waals surface area contributed by atoms with Crippen LogP contribution < -0.4 is 9.47 Å². The van der Waals surface area contributed by atoms with Crippen molar-refractivity contribution < 1.29 is 9.47 Å². The van der Waals surface area contributed by atoms with E-state index in [0.29, 0.717) is 21.5 Å². The summed E-state index contributed by atoms with van der Waals surface area (Å²) < 4.78 is 10.7. The molecule has 0 amide bonds. The molecule has 0 aliphatic carbocycles. The number of ether oxygens (including phenoxy) is 2. The highest BCUT2D eigenvalue weighted by molar-refractivity contribution is 6.38. The average molecular weight is 329 g/mol. The zero-order valence-corrected chi connectivity index (χ0v) is 13.7. The van der Waals surface area contributed by atoms with Gasteiger partial charge in [-0.15, -0.1) is 0 Å². The summed E-state index contributed by atoms with van der Waals surface area (Å²) >= 11 is 13.0. The van der Waals surface area contributed by atoms with Gasteiger partial charge in [0.25, 0.3) is 0 Å².